The summed E-state index contributed by atoms with van der Waals surface area (Å²) in [6.45, 7) is 3.17. The highest BCUT2D eigenvalue weighted by atomic mass is 16.5. The maximum absolute atomic E-state index is 11.5. The van der Waals surface area contributed by atoms with Crippen LogP contribution in [0.2, 0.25) is 0 Å². The number of carbonyl (C=O) groups excluding carboxylic acids is 1. The van der Waals surface area contributed by atoms with Crippen LogP contribution in [0, 0.1) is 0 Å². The zero-order chi connectivity index (χ0) is 15.2. The number of pyridine rings is 1. The Morgan fingerprint density at radius 1 is 1.33 bits per heavy atom. The second kappa shape index (κ2) is 7.07. The lowest BCUT2D eigenvalue weighted by molar-refractivity contribution is -0.139. The number of rotatable bonds is 6. The molecule has 0 saturated carbocycles. The van der Waals surface area contributed by atoms with Crippen LogP contribution in [0.3, 0.4) is 0 Å². The van der Waals surface area contributed by atoms with Crippen molar-refractivity contribution in [1.29, 1.82) is 0 Å². The van der Waals surface area contributed by atoms with Crippen LogP contribution in [0.25, 0.3) is 10.9 Å². The van der Waals surface area contributed by atoms with Gasteiger partial charge in [-0.15, -0.1) is 0 Å². The summed E-state index contributed by atoms with van der Waals surface area (Å²) in [7, 11) is 3.48. The van der Waals surface area contributed by atoms with Crippen molar-refractivity contribution < 1.29 is 9.53 Å². The van der Waals surface area contributed by atoms with E-state index >= 15 is 0 Å². The summed E-state index contributed by atoms with van der Waals surface area (Å²) in [5.74, 6) is -0.264. The van der Waals surface area contributed by atoms with Crippen molar-refractivity contribution >= 4 is 22.6 Å². The maximum atomic E-state index is 11.5. The average molecular weight is 286 g/mol. The van der Waals surface area contributed by atoms with Gasteiger partial charge >= 0.3 is 5.97 Å². The van der Waals surface area contributed by atoms with Gasteiger partial charge in [-0.2, -0.15) is 0 Å². The molecule has 0 unspecified atom stereocenters. The van der Waals surface area contributed by atoms with Crippen molar-refractivity contribution in [3.05, 3.63) is 36.0 Å². The van der Waals surface area contributed by atoms with Gasteiger partial charge in [0.25, 0.3) is 0 Å². The van der Waals surface area contributed by atoms with Gasteiger partial charge in [0, 0.05) is 24.7 Å². The first-order valence-corrected chi connectivity index (χ1v) is 7.32. The van der Waals surface area contributed by atoms with Crippen LogP contribution < -0.4 is 4.90 Å². The van der Waals surface area contributed by atoms with Gasteiger partial charge < -0.3 is 9.64 Å². The number of unbranched alkanes of at least 4 members (excludes halogenated alkanes) is 1. The predicted octanol–water partition coefficient (Wildman–Crippen LogP) is 3.19. The van der Waals surface area contributed by atoms with E-state index in [-0.39, 0.29) is 12.4 Å². The largest absolute Gasteiger partial charge is 0.469 e. The molecule has 0 aliphatic heterocycles. The number of esters is 1. The summed E-state index contributed by atoms with van der Waals surface area (Å²) >= 11 is 0. The van der Waals surface area contributed by atoms with E-state index in [0.29, 0.717) is 0 Å². The maximum Gasteiger partial charge on any atom is 0.311 e. The SMILES string of the molecule is CCCCN(C)c1cc(CC(=O)OC)nc2ccccc12. The van der Waals surface area contributed by atoms with Crippen LogP contribution in [0.5, 0.6) is 0 Å². The van der Waals surface area contributed by atoms with Crippen LogP contribution >= 0.6 is 0 Å². The second-order valence-corrected chi connectivity index (χ2v) is 5.18. The Balaban J connectivity index is 2.42. The Labute approximate surface area is 125 Å². The summed E-state index contributed by atoms with van der Waals surface area (Å²) in [6.07, 6.45) is 2.50. The number of aromatic nitrogens is 1. The first-order chi connectivity index (χ1) is 10.2. The lowest BCUT2D eigenvalue weighted by Crippen LogP contribution is -2.19. The molecular formula is C17H22N2O2. The zero-order valence-corrected chi connectivity index (χ0v) is 12.9. The topological polar surface area (TPSA) is 42.4 Å². The lowest BCUT2D eigenvalue weighted by Gasteiger charge is -2.21. The minimum Gasteiger partial charge on any atom is -0.469 e. The lowest BCUT2D eigenvalue weighted by atomic mass is 10.1. The molecule has 0 spiro atoms. The predicted molar refractivity (Wildman–Crippen MR) is 85.6 cm³/mol. The van der Waals surface area contributed by atoms with E-state index in [1.165, 1.54) is 7.11 Å². The van der Waals surface area contributed by atoms with Crippen molar-refractivity contribution in [1.82, 2.24) is 4.98 Å². The number of nitrogens with zero attached hydrogens (tertiary/aromatic N) is 2. The average Bonchev–Trinajstić information content (AvgIpc) is 2.51. The molecular weight excluding hydrogens is 264 g/mol. The first kappa shape index (κ1) is 15.3. The van der Waals surface area contributed by atoms with E-state index in [1.807, 2.05) is 24.3 Å². The number of para-hydroxylation sites is 1. The number of methoxy groups -OCH3 is 1. The van der Waals surface area contributed by atoms with Crippen molar-refractivity contribution in [3.8, 4) is 0 Å². The van der Waals surface area contributed by atoms with Gasteiger partial charge in [0.2, 0.25) is 0 Å². The minimum atomic E-state index is -0.264. The van der Waals surface area contributed by atoms with Crippen molar-refractivity contribution in [2.45, 2.75) is 26.2 Å². The minimum absolute atomic E-state index is 0.204. The number of hydrogen-bond donors (Lipinski definition) is 0. The highest BCUT2D eigenvalue weighted by Gasteiger charge is 2.12. The van der Waals surface area contributed by atoms with E-state index in [9.17, 15) is 4.79 Å². The molecule has 4 nitrogen and oxygen atoms in total. The summed E-state index contributed by atoms with van der Waals surface area (Å²) in [4.78, 5) is 18.3. The molecule has 1 aromatic carbocycles. The third kappa shape index (κ3) is 3.72. The first-order valence-electron chi connectivity index (χ1n) is 7.32. The van der Waals surface area contributed by atoms with Crippen LogP contribution in [0.1, 0.15) is 25.5 Å². The van der Waals surface area contributed by atoms with Gasteiger partial charge in [-0.05, 0) is 18.6 Å². The Morgan fingerprint density at radius 3 is 2.81 bits per heavy atom. The molecule has 0 aliphatic carbocycles. The molecule has 0 bridgehead atoms. The van der Waals surface area contributed by atoms with E-state index in [1.54, 1.807) is 0 Å². The monoisotopic (exact) mass is 286 g/mol. The van der Waals surface area contributed by atoms with Gasteiger partial charge in [-0.3, -0.25) is 9.78 Å². The molecule has 2 aromatic rings. The van der Waals surface area contributed by atoms with Gasteiger partial charge in [-0.1, -0.05) is 31.5 Å². The summed E-state index contributed by atoms with van der Waals surface area (Å²) in [5.41, 5.74) is 2.78. The van der Waals surface area contributed by atoms with Crippen molar-refractivity contribution in [2.75, 3.05) is 25.6 Å². The fourth-order valence-electron chi connectivity index (χ4n) is 2.35. The standard InChI is InChI=1S/C17H22N2O2/c1-4-5-10-19(2)16-11-13(12-17(20)21-3)18-15-9-7-6-8-14(15)16/h6-9,11H,4-5,10,12H2,1-3H3. The van der Waals surface area contributed by atoms with Gasteiger partial charge in [0.1, 0.15) is 0 Å². The van der Waals surface area contributed by atoms with E-state index in [4.69, 9.17) is 4.74 Å². The van der Waals surface area contributed by atoms with Gasteiger partial charge in [-0.25, -0.2) is 0 Å². The molecule has 0 radical (unpaired) electrons. The molecule has 0 fully saturated rings. The Kier molecular flexibility index (Phi) is 5.14. The quantitative estimate of drug-likeness (QED) is 0.765. The Bertz CT molecular complexity index is 625. The molecule has 0 N–H and O–H groups in total. The number of anilines is 1. The number of fused-ring (bicyclic) bond motifs is 1. The highest BCUT2D eigenvalue weighted by molar-refractivity contribution is 5.92. The molecule has 1 heterocycles. The fraction of sp³-hybridized carbons (Fsp3) is 0.412. The van der Waals surface area contributed by atoms with E-state index in [0.717, 1.165) is 41.7 Å². The smallest absolute Gasteiger partial charge is 0.311 e. The molecule has 0 amide bonds. The fourth-order valence-corrected chi connectivity index (χ4v) is 2.35. The Hall–Kier alpha value is -2.10. The zero-order valence-electron chi connectivity index (χ0n) is 12.9. The molecule has 2 rings (SSSR count). The van der Waals surface area contributed by atoms with Gasteiger partial charge in [0.15, 0.2) is 0 Å². The summed E-state index contributed by atoms with van der Waals surface area (Å²) < 4.78 is 4.74. The molecule has 1 aromatic heterocycles. The highest BCUT2D eigenvalue weighted by Crippen LogP contribution is 2.26. The van der Waals surface area contributed by atoms with Crippen LogP contribution in [-0.2, 0) is 16.0 Å². The summed E-state index contributed by atoms with van der Waals surface area (Å²) in [6, 6.07) is 10.0. The van der Waals surface area contributed by atoms with Crippen LogP contribution in [0.15, 0.2) is 30.3 Å². The number of carbonyl (C=O) groups is 1. The number of ether oxygens (including phenoxy) is 1. The van der Waals surface area contributed by atoms with E-state index in [2.05, 4.69) is 29.9 Å². The van der Waals surface area contributed by atoms with Gasteiger partial charge in [0.05, 0.1) is 24.7 Å². The van der Waals surface area contributed by atoms with Crippen molar-refractivity contribution in [2.24, 2.45) is 0 Å². The summed E-state index contributed by atoms with van der Waals surface area (Å²) in [5, 5.41) is 1.12. The van der Waals surface area contributed by atoms with Crippen molar-refractivity contribution in [3.63, 3.8) is 0 Å². The molecule has 4 heteroatoms. The molecule has 0 atom stereocenters. The molecule has 112 valence electrons. The molecule has 21 heavy (non-hydrogen) atoms. The second-order valence-electron chi connectivity index (χ2n) is 5.18. The molecule has 0 saturated heterocycles. The Morgan fingerprint density at radius 2 is 2.10 bits per heavy atom. The third-order valence-corrected chi connectivity index (χ3v) is 3.56. The van der Waals surface area contributed by atoms with E-state index < -0.39 is 0 Å². The van der Waals surface area contributed by atoms with Crippen LogP contribution in [-0.4, -0.2) is 31.7 Å². The molecule has 0 aliphatic rings. The normalized spacial score (nSPS) is 10.6. The third-order valence-electron chi connectivity index (χ3n) is 3.56. The van der Waals surface area contributed by atoms with Crippen LogP contribution in [0.4, 0.5) is 5.69 Å². The number of benzene rings is 1. The number of hydrogen-bond acceptors (Lipinski definition) is 4.